The van der Waals surface area contributed by atoms with E-state index in [0.29, 0.717) is 5.69 Å². The molecule has 2 rings (SSSR count). The van der Waals surface area contributed by atoms with Crippen molar-refractivity contribution in [2.45, 2.75) is 32.0 Å². The van der Waals surface area contributed by atoms with Crippen LogP contribution < -0.4 is 11.1 Å². The number of hydrogen-bond donors (Lipinski definition) is 2. The predicted octanol–water partition coefficient (Wildman–Crippen LogP) is 1.18. The van der Waals surface area contributed by atoms with Crippen LogP contribution in [0.25, 0.3) is 0 Å². The Morgan fingerprint density at radius 1 is 1.52 bits per heavy atom. The van der Waals surface area contributed by atoms with Gasteiger partial charge in [0.05, 0.1) is 0 Å². The van der Waals surface area contributed by atoms with Crippen molar-refractivity contribution in [1.29, 1.82) is 0 Å². The molecule has 0 spiro atoms. The van der Waals surface area contributed by atoms with Crippen molar-refractivity contribution in [3.05, 3.63) is 24.0 Å². The number of nitrogens with one attached hydrogen (secondary N) is 1. The third-order valence-corrected chi connectivity index (χ3v) is 3.29. The van der Waals surface area contributed by atoms with Gasteiger partial charge in [0.2, 0.25) is 0 Å². The average Bonchev–Trinajstić information content (AvgIpc) is 2.81. The maximum atomic E-state index is 12.7. The van der Waals surface area contributed by atoms with Crippen LogP contribution in [0.1, 0.15) is 23.8 Å². The van der Waals surface area contributed by atoms with Gasteiger partial charge in [-0.05, 0) is 24.5 Å². The van der Waals surface area contributed by atoms with Crippen LogP contribution in [0.5, 0.6) is 0 Å². The van der Waals surface area contributed by atoms with Gasteiger partial charge in [-0.15, -0.1) is 0 Å². The number of carbonyl (C=O) groups excluding carboxylic acids is 2. The van der Waals surface area contributed by atoms with E-state index in [1.807, 2.05) is 0 Å². The molecule has 3 atom stereocenters. The molecule has 0 aromatic carbocycles. The molecule has 0 radical (unpaired) electrons. The summed E-state index contributed by atoms with van der Waals surface area (Å²) in [6.07, 6.45) is -3.27. The van der Waals surface area contributed by atoms with Gasteiger partial charge in [0, 0.05) is 11.9 Å². The number of primary amides is 1. The Morgan fingerprint density at radius 2 is 2.24 bits per heavy atom. The minimum Gasteiger partial charge on any atom is -0.364 e. The van der Waals surface area contributed by atoms with E-state index < -0.39 is 36.4 Å². The summed E-state index contributed by atoms with van der Waals surface area (Å²) in [7, 11) is 0. The molecule has 0 saturated carbocycles. The number of nitrogens with zero attached hydrogens (tertiary/aromatic N) is 1. The molecule has 1 aliphatic heterocycles. The third kappa shape index (κ3) is 3.52. The Balaban J connectivity index is 2.02. The summed E-state index contributed by atoms with van der Waals surface area (Å²) in [5, 5.41) is 2.50. The van der Waals surface area contributed by atoms with Crippen molar-refractivity contribution in [2.75, 3.05) is 5.32 Å². The zero-order valence-corrected chi connectivity index (χ0v) is 11.3. The molecule has 1 fully saturated rings. The molecule has 114 valence electrons. The molecule has 1 saturated heterocycles. The Labute approximate surface area is 119 Å². The molecule has 2 amide bonds. The number of ether oxygens (including phenoxy) is 1. The van der Waals surface area contributed by atoms with Crippen LogP contribution in [-0.4, -0.2) is 35.4 Å². The fourth-order valence-electron chi connectivity index (χ4n) is 2.19. The first kappa shape index (κ1) is 15.3. The Morgan fingerprint density at radius 3 is 2.81 bits per heavy atom. The predicted molar refractivity (Wildman–Crippen MR) is 69.8 cm³/mol. The van der Waals surface area contributed by atoms with Crippen LogP contribution in [0.3, 0.4) is 0 Å². The van der Waals surface area contributed by atoms with Crippen molar-refractivity contribution in [2.24, 2.45) is 11.7 Å². The maximum Gasteiger partial charge on any atom is 0.267 e. The number of nitrogens with two attached hydrogens (primary N) is 1. The molecule has 3 N–H and O–H groups in total. The van der Waals surface area contributed by atoms with E-state index in [-0.39, 0.29) is 12.1 Å². The van der Waals surface area contributed by atoms with Crippen LogP contribution >= 0.6 is 0 Å². The van der Waals surface area contributed by atoms with E-state index in [1.54, 1.807) is 6.92 Å². The summed E-state index contributed by atoms with van der Waals surface area (Å²) in [5.41, 5.74) is 5.39. The summed E-state index contributed by atoms with van der Waals surface area (Å²) < 4.78 is 30.4. The molecule has 8 heteroatoms. The van der Waals surface area contributed by atoms with E-state index in [2.05, 4.69) is 10.3 Å². The zero-order chi connectivity index (χ0) is 15.6. The standard InChI is InChI=1S/C13H15F2N3O3/c1-6-4-9(21-10(6)11(14)15)13(20)18-7-2-3-17-8(5-7)12(16)19/h2-3,5-6,9-11H,4H2,1H3,(H2,16,19)(H,17,18,20)/t6?,9?,10-/m0/s1. The number of carbonyl (C=O) groups is 2. The number of rotatable bonds is 4. The van der Waals surface area contributed by atoms with Crippen molar-refractivity contribution in [3.63, 3.8) is 0 Å². The van der Waals surface area contributed by atoms with Gasteiger partial charge in [-0.1, -0.05) is 6.92 Å². The third-order valence-electron chi connectivity index (χ3n) is 3.29. The van der Waals surface area contributed by atoms with Crippen molar-refractivity contribution in [3.8, 4) is 0 Å². The molecule has 1 aromatic rings. The second kappa shape index (κ2) is 6.13. The highest BCUT2D eigenvalue weighted by atomic mass is 19.3. The molecular formula is C13H15F2N3O3. The molecule has 2 heterocycles. The monoisotopic (exact) mass is 299 g/mol. The van der Waals surface area contributed by atoms with E-state index >= 15 is 0 Å². The molecule has 1 aliphatic rings. The number of amides is 2. The van der Waals surface area contributed by atoms with Crippen LogP contribution in [0.15, 0.2) is 18.3 Å². The largest absolute Gasteiger partial charge is 0.364 e. The minimum atomic E-state index is -2.62. The highest BCUT2D eigenvalue weighted by molar-refractivity contribution is 5.96. The zero-order valence-electron chi connectivity index (χ0n) is 11.3. The minimum absolute atomic E-state index is 0.000958. The molecule has 0 aliphatic carbocycles. The Bertz CT molecular complexity index is 553. The van der Waals surface area contributed by atoms with Gasteiger partial charge < -0.3 is 15.8 Å². The van der Waals surface area contributed by atoms with Crippen molar-refractivity contribution in [1.82, 2.24) is 4.98 Å². The highest BCUT2D eigenvalue weighted by Crippen LogP contribution is 2.30. The van der Waals surface area contributed by atoms with Crippen LogP contribution in [-0.2, 0) is 9.53 Å². The maximum absolute atomic E-state index is 12.7. The van der Waals surface area contributed by atoms with Crippen LogP contribution in [0, 0.1) is 5.92 Å². The first-order valence-electron chi connectivity index (χ1n) is 6.39. The fourth-order valence-corrected chi connectivity index (χ4v) is 2.19. The van der Waals surface area contributed by atoms with Crippen molar-refractivity contribution >= 4 is 17.5 Å². The van der Waals surface area contributed by atoms with E-state index in [0.717, 1.165) is 0 Å². The smallest absolute Gasteiger partial charge is 0.267 e. The molecule has 1 aromatic heterocycles. The van der Waals surface area contributed by atoms with E-state index in [4.69, 9.17) is 10.5 Å². The first-order chi connectivity index (χ1) is 9.88. The average molecular weight is 299 g/mol. The quantitative estimate of drug-likeness (QED) is 0.872. The normalized spacial score (nSPS) is 25.0. The Hall–Kier alpha value is -2.09. The van der Waals surface area contributed by atoms with Crippen LogP contribution in [0.2, 0.25) is 0 Å². The summed E-state index contributed by atoms with van der Waals surface area (Å²) in [6, 6.07) is 2.77. The van der Waals surface area contributed by atoms with Gasteiger partial charge in [-0.25, -0.2) is 8.78 Å². The molecule has 2 unspecified atom stereocenters. The van der Waals surface area contributed by atoms with Gasteiger partial charge in [-0.3, -0.25) is 14.6 Å². The number of halogens is 2. The first-order valence-corrected chi connectivity index (χ1v) is 6.39. The SMILES string of the molecule is CC1CC(C(=O)Nc2ccnc(C(N)=O)c2)O[C@@H]1C(F)F. The van der Waals surface area contributed by atoms with Gasteiger partial charge in [0.15, 0.2) is 0 Å². The topological polar surface area (TPSA) is 94.3 Å². The number of anilines is 1. The number of pyridine rings is 1. The van der Waals surface area contributed by atoms with Gasteiger partial charge in [0.1, 0.15) is 17.9 Å². The number of aromatic nitrogens is 1. The molecule has 21 heavy (non-hydrogen) atoms. The number of alkyl halides is 2. The summed E-state index contributed by atoms with van der Waals surface area (Å²) in [6.45, 7) is 1.61. The fraction of sp³-hybridized carbons (Fsp3) is 0.462. The van der Waals surface area contributed by atoms with E-state index in [9.17, 15) is 18.4 Å². The second-order valence-corrected chi connectivity index (χ2v) is 4.92. The lowest BCUT2D eigenvalue weighted by Gasteiger charge is -2.14. The molecule has 6 nitrogen and oxygen atoms in total. The van der Waals surface area contributed by atoms with Gasteiger partial charge in [-0.2, -0.15) is 0 Å². The van der Waals surface area contributed by atoms with Gasteiger partial charge in [0.25, 0.3) is 18.2 Å². The summed E-state index contributed by atoms with van der Waals surface area (Å²) >= 11 is 0. The van der Waals surface area contributed by atoms with E-state index in [1.165, 1.54) is 18.3 Å². The molecular weight excluding hydrogens is 284 g/mol. The number of hydrogen-bond acceptors (Lipinski definition) is 4. The van der Waals surface area contributed by atoms with Gasteiger partial charge >= 0.3 is 0 Å². The lowest BCUT2D eigenvalue weighted by atomic mass is 10.0. The summed E-state index contributed by atoms with van der Waals surface area (Å²) in [4.78, 5) is 26.7. The lowest BCUT2D eigenvalue weighted by molar-refractivity contribution is -0.131. The molecule has 0 bridgehead atoms. The summed E-state index contributed by atoms with van der Waals surface area (Å²) in [5.74, 6) is -1.67. The highest BCUT2D eigenvalue weighted by Gasteiger charge is 2.41. The van der Waals surface area contributed by atoms with Crippen LogP contribution in [0.4, 0.5) is 14.5 Å². The Kier molecular flexibility index (Phi) is 4.46. The second-order valence-electron chi connectivity index (χ2n) is 4.92. The van der Waals surface area contributed by atoms with Crippen molar-refractivity contribution < 1.29 is 23.1 Å². The lowest BCUT2D eigenvalue weighted by Crippen LogP contribution is -2.30.